The molecular formula is C14H14FNO2S. The van der Waals surface area contributed by atoms with E-state index in [0.717, 1.165) is 9.88 Å². The Hall–Kier alpha value is -1.75. The van der Waals surface area contributed by atoms with Crippen LogP contribution >= 0.6 is 11.3 Å². The van der Waals surface area contributed by atoms with Crippen LogP contribution in [0.25, 0.3) is 0 Å². The van der Waals surface area contributed by atoms with Crippen molar-refractivity contribution in [3.63, 3.8) is 0 Å². The van der Waals surface area contributed by atoms with E-state index in [1.165, 1.54) is 17.4 Å². The molecule has 0 saturated heterocycles. The Bertz CT molecular complexity index is 582. The van der Waals surface area contributed by atoms with Gasteiger partial charge in [0, 0.05) is 11.1 Å². The number of thiazole rings is 1. The maximum atomic E-state index is 13.6. The monoisotopic (exact) mass is 279 g/mol. The molecule has 1 N–H and O–H groups in total. The highest BCUT2D eigenvalue weighted by molar-refractivity contribution is 7.11. The van der Waals surface area contributed by atoms with Crippen LogP contribution in [0.15, 0.2) is 30.5 Å². The number of carboxylic acids is 1. The van der Waals surface area contributed by atoms with E-state index in [-0.39, 0.29) is 12.2 Å². The number of rotatable bonds is 5. The van der Waals surface area contributed by atoms with Gasteiger partial charge < -0.3 is 5.11 Å². The largest absolute Gasteiger partial charge is 0.481 e. The third kappa shape index (κ3) is 3.61. The zero-order valence-corrected chi connectivity index (χ0v) is 11.3. The van der Waals surface area contributed by atoms with Gasteiger partial charge in [-0.3, -0.25) is 4.79 Å². The van der Waals surface area contributed by atoms with Crippen LogP contribution in [0.4, 0.5) is 4.39 Å². The van der Waals surface area contributed by atoms with Gasteiger partial charge in [0.05, 0.1) is 10.9 Å². The number of hydrogen-bond acceptors (Lipinski definition) is 3. The summed E-state index contributed by atoms with van der Waals surface area (Å²) in [5.74, 6) is -1.89. The summed E-state index contributed by atoms with van der Waals surface area (Å²) < 4.78 is 13.6. The molecule has 100 valence electrons. The fraction of sp³-hybridized carbons (Fsp3) is 0.286. The summed E-state index contributed by atoms with van der Waals surface area (Å²) in [6.45, 7) is 1.88. The number of hydrogen-bond donors (Lipinski definition) is 1. The highest BCUT2D eigenvalue weighted by Gasteiger charge is 2.21. The van der Waals surface area contributed by atoms with Gasteiger partial charge in [0.1, 0.15) is 5.82 Å². The van der Waals surface area contributed by atoms with Gasteiger partial charge in [0.15, 0.2) is 0 Å². The molecule has 0 aliphatic rings. The summed E-state index contributed by atoms with van der Waals surface area (Å²) in [5.41, 5.74) is 0.441. The number of benzene rings is 1. The summed E-state index contributed by atoms with van der Waals surface area (Å²) in [7, 11) is 0. The van der Waals surface area contributed by atoms with Gasteiger partial charge in [0.25, 0.3) is 0 Å². The number of aromatic nitrogens is 1. The molecule has 0 amide bonds. The van der Waals surface area contributed by atoms with E-state index in [2.05, 4.69) is 4.98 Å². The average molecular weight is 279 g/mol. The van der Waals surface area contributed by atoms with Gasteiger partial charge in [-0.15, -0.1) is 11.3 Å². The van der Waals surface area contributed by atoms with Crippen molar-refractivity contribution in [3.05, 3.63) is 51.7 Å². The second-order valence-electron chi connectivity index (χ2n) is 4.38. The molecule has 5 heteroatoms. The van der Waals surface area contributed by atoms with Crippen molar-refractivity contribution in [1.29, 1.82) is 0 Å². The quantitative estimate of drug-likeness (QED) is 0.915. The first-order valence-corrected chi connectivity index (χ1v) is 6.75. The Kier molecular flexibility index (Phi) is 4.27. The Labute approximate surface area is 114 Å². The summed E-state index contributed by atoms with van der Waals surface area (Å²) in [5, 5.41) is 10.2. The Morgan fingerprint density at radius 3 is 2.74 bits per heavy atom. The topological polar surface area (TPSA) is 50.2 Å². The lowest BCUT2D eigenvalue weighted by Crippen LogP contribution is -2.19. The molecule has 1 unspecified atom stereocenters. The van der Waals surface area contributed by atoms with Gasteiger partial charge in [-0.1, -0.05) is 18.2 Å². The summed E-state index contributed by atoms with van der Waals surface area (Å²) in [6.07, 6.45) is 2.27. The van der Waals surface area contributed by atoms with Crippen molar-refractivity contribution in [2.45, 2.75) is 19.8 Å². The molecule has 0 aliphatic carbocycles. The fourth-order valence-electron chi connectivity index (χ4n) is 1.92. The minimum Gasteiger partial charge on any atom is -0.481 e. The van der Waals surface area contributed by atoms with Gasteiger partial charge in [-0.05, 0) is 31.4 Å². The molecular weight excluding hydrogens is 265 g/mol. The molecule has 2 aromatic rings. The normalized spacial score (nSPS) is 12.3. The van der Waals surface area contributed by atoms with Crippen LogP contribution in [0.5, 0.6) is 0 Å². The number of carbonyl (C=O) groups is 1. The lowest BCUT2D eigenvalue weighted by molar-refractivity contribution is -0.141. The highest BCUT2D eigenvalue weighted by atomic mass is 32.1. The van der Waals surface area contributed by atoms with Crippen LogP contribution in [0.2, 0.25) is 0 Å². The molecule has 19 heavy (non-hydrogen) atoms. The molecule has 3 nitrogen and oxygen atoms in total. The first-order valence-electron chi connectivity index (χ1n) is 5.94. The second kappa shape index (κ2) is 5.93. The third-order valence-corrected chi connectivity index (χ3v) is 3.83. The number of aryl methyl sites for hydroxylation is 1. The Morgan fingerprint density at radius 2 is 2.16 bits per heavy atom. The van der Waals surface area contributed by atoms with E-state index in [9.17, 15) is 14.3 Å². The molecule has 0 fully saturated rings. The van der Waals surface area contributed by atoms with Gasteiger partial charge >= 0.3 is 5.97 Å². The SMILES string of the molecule is Cc1ncc(CC(Cc2ccccc2F)C(=O)O)s1. The van der Waals surface area contributed by atoms with Crippen LogP contribution in [0.1, 0.15) is 15.4 Å². The van der Waals surface area contributed by atoms with Crippen molar-refractivity contribution in [3.8, 4) is 0 Å². The van der Waals surface area contributed by atoms with E-state index in [0.29, 0.717) is 12.0 Å². The van der Waals surface area contributed by atoms with E-state index in [1.54, 1.807) is 24.4 Å². The van der Waals surface area contributed by atoms with Crippen molar-refractivity contribution >= 4 is 17.3 Å². The van der Waals surface area contributed by atoms with Crippen LogP contribution in [-0.2, 0) is 17.6 Å². The molecule has 0 aliphatic heterocycles. The zero-order chi connectivity index (χ0) is 13.8. The molecule has 1 heterocycles. The first-order chi connectivity index (χ1) is 9.06. The van der Waals surface area contributed by atoms with Crippen LogP contribution in [0.3, 0.4) is 0 Å². The predicted molar refractivity (Wildman–Crippen MR) is 71.8 cm³/mol. The lowest BCUT2D eigenvalue weighted by Gasteiger charge is -2.11. The summed E-state index contributed by atoms with van der Waals surface area (Å²) in [6, 6.07) is 6.30. The zero-order valence-electron chi connectivity index (χ0n) is 10.5. The molecule has 0 radical (unpaired) electrons. The molecule has 0 bridgehead atoms. The molecule has 1 aromatic carbocycles. The van der Waals surface area contributed by atoms with Crippen LogP contribution < -0.4 is 0 Å². The first kappa shape index (κ1) is 13.7. The van der Waals surface area contributed by atoms with Crippen molar-refractivity contribution in [2.75, 3.05) is 0 Å². The standard InChI is InChI=1S/C14H14FNO2S/c1-9-16-8-12(19-9)7-11(14(17)18)6-10-4-2-3-5-13(10)15/h2-5,8,11H,6-7H2,1H3,(H,17,18). The van der Waals surface area contributed by atoms with E-state index >= 15 is 0 Å². The Morgan fingerprint density at radius 1 is 1.42 bits per heavy atom. The second-order valence-corrected chi connectivity index (χ2v) is 5.70. The molecule has 2 rings (SSSR count). The van der Waals surface area contributed by atoms with Crippen molar-refractivity contribution in [1.82, 2.24) is 4.98 Å². The fourth-order valence-corrected chi connectivity index (χ4v) is 2.79. The predicted octanol–water partition coefficient (Wildman–Crippen LogP) is 3.08. The minimum atomic E-state index is -0.908. The smallest absolute Gasteiger partial charge is 0.307 e. The Balaban J connectivity index is 2.13. The summed E-state index contributed by atoms with van der Waals surface area (Å²) >= 11 is 1.48. The third-order valence-electron chi connectivity index (χ3n) is 2.89. The molecule has 1 aromatic heterocycles. The number of aliphatic carboxylic acids is 1. The van der Waals surface area contributed by atoms with Crippen LogP contribution in [0, 0.1) is 18.7 Å². The summed E-state index contributed by atoms with van der Waals surface area (Å²) in [4.78, 5) is 16.3. The van der Waals surface area contributed by atoms with Gasteiger partial charge in [-0.25, -0.2) is 9.37 Å². The van der Waals surface area contributed by atoms with Gasteiger partial charge in [-0.2, -0.15) is 0 Å². The number of halogens is 1. The number of carboxylic acid groups (broad SMARTS) is 1. The van der Waals surface area contributed by atoms with Crippen molar-refractivity contribution < 1.29 is 14.3 Å². The van der Waals surface area contributed by atoms with Crippen LogP contribution in [-0.4, -0.2) is 16.1 Å². The van der Waals surface area contributed by atoms with Gasteiger partial charge in [0.2, 0.25) is 0 Å². The molecule has 0 spiro atoms. The highest BCUT2D eigenvalue weighted by Crippen LogP contribution is 2.20. The molecule has 1 atom stereocenters. The maximum Gasteiger partial charge on any atom is 0.307 e. The van der Waals surface area contributed by atoms with Crippen molar-refractivity contribution in [2.24, 2.45) is 5.92 Å². The number of nitrogens with zero attached hydrogens (tertiary/aromatic N) is 1. The minimum absolute atomic E-state index is 0.193. The van der Waals surface area contributed by atoms with E-state index in [1.807, 2.05) is 6.92 Å². The van der Waals surface area contributed by atoms with E-state index in [4.69, 9.17) is 0 Å². The van der Waals surface area contributed by atoms with E-state index < -0.39 is 11.9 Å². The lowest BCUT2D eigenvalue weighted by atomic mass is 9.95. The average Bonchev–Trinajstić information content (AvgIpc) is 2.76. The molecule has 0 saturated carbocycles. The maximum absolute atomic E-state index is 13.6.